The molecule has 0 aromatic heterocycles. The van der Waals surface area contributed by atoms with Crippen LogP contribution in [0.2, 0.25) is 0 Å². The molecular weight excluding hydrogens is 398 g/mol. The van der Waals surface area contributed by atoms with E-state index in [-0.39, 0.29) is 17.3 Å². The average molecular weight is 430 g/mol. The molecule has 0 aliphatic carbocycles. The number of rotatable bonds is 7. The molecule has 0 spiro atoms. The number of nitrogens with zero attached hydrogens (tertiary/aromatic N) is 3. The number of hydrogen-bond acceptors (Lipinski definition) is 4. The van der Waals surface area contributed by atoms with Gasteiger partial charge in [-0.15, -0.1) is 0 Å². The first-order valence-electron chi connectivity index (χ1n) is 10.5. The number of anilines is 1. The highest BCUT2D eigenvalue weighted by atomic mass is 32.2. The molecule has 1 aliphatic heterocycles. The summed E-state index contributed by atoms with van der Waals surface area (Å²) in [4.78, 5) is 17.3. The summed E-state index contributed by atoms with van der Waals surface area (Å²) in [6.07, 6.45) is 0. The van der Waals surface area contributed by atoms with Crippen molar-refractivity contribution in [2.75, 3.05) is 43.6 Å². The Labute approximate surface area is 180 Å². The second-order valence-corrected chi connectivity index (χ2v) is 9.75. The first-order valence-corrected chi connectivity index (χ1v) is 11.9. The van der Waals surface area contributed by atoms with Crippen LogP contribution in [-0.4, -0.2) is 63.4 Å². The lowest BCUT2D eigenvalue weighted by molar-refractivity contribution is -0.131. The minimum Gasteiger partial charge on any atom is -0.339 e. The zero-order valence-corrected chi connectivity index (χ0v) is 18.8. The quantitative estimate of drug-likeness (QED) is 0.678. The maximum atomic E-state index is 13.4. The van der Waals surface area contributed by atoms with Gasteiger partial charge in [-0.1, -0.05) is 51.1 Å². The largest absolute Gasteiger partial charge is 0.339 e. The summed E-state index contributed by atoms with van der Waals surface area (Å²) in [5, 5.41) is 0. The van der Waals surface area contributed by atoms with Crippen molar-refractivity contribution < 1.29 is 13.2 Å². The molecule has 2 aromatic rings. The molecule has 1 fully saturated rings. The van der Waals surface area contributed by atoms with E-state index >= 15 is 0 Å². The number of piperazine rings is 1. The van der Waals surface area contributed by atoms with Crippen molar-refractivity contribution in [1.82, 2.24) is 9.80 Å². The Morgan fingerprint density at radius 3 is 2.10 bits per heavy atom. The third-order valence-electron chi connectivity index (χ3n) is 5.63. The SMILES string of the molecule is CCN1CCN(C(=O)CN(c2ccc(C(C)C)cc2)S(=O)(=O)c2ccccc2)CC1. The average Bonchev–Trinajstić information content (AvgIpc) is 2.78. The van der Waals surface area contributed by atoms with Crippen LogP contribution >= 0.6 is 0 Å². The molecule has 162 valence electrons. The van der Waals surface area contributed by atoms with Crippen molar-refractivity contribution >= 4 is 21.6 Å². The molecule has 30 heavy (non-hydrogen) atoms. The molecule has 1 aliphatic rings. The number of amides is 1. The van der Waals surface area contributed by atoms with Crippen molar-refractivity contribution in [2.24, 2.45) is 0 Å². The molecule has 0 saturated carbocycles. The third-order valence-corrected chi connectivity index (χ3v) is 7.42. The fourth-order valence-corrected chi connectivity index (χ4v) is 5.03. The molecule has 0 radical (unpaired) electrons. The van der Waals surface area contributed by atoms with E-state index in [0.717, 1.165) is 25.2 Å². The number of likely N-dealkylation sites (N-methyl/N-ethyl adjacent to an activating group) is 1. The van der Waals surface area contributed by atoms with Crippen molar-refractivity contribution in [2.45, 2.75) is 31.6 Å². The fourth-order valence-electron chi connectivity index (χ4n) is 3.60. The second kappa shape index (κ2) is 9.62. The van der Waals surface area contributed by atoms with E-state index in [1.807, 2.05) is 12.1 Å². The normalized spacial score (nSPS) is 15.4. The zero-order chi connectivity index (χ0) is 21.7. The van der Waals surface area contributed by atoms with Gasteiger partial charge >= 0.3 is 0 Å². The van der Waals surface area contributed by atoms with Crippen LogP contribution in [0.3, 0.4) is 0 Å². The minimum atomic E-state index is -3.86. The smallest absolute Gasteiger partial charge is 0.264 e. The topological polar surface area (TPSA) is 60.9 Å². The van der Waals surface area contributed by atoms with Gasteiger partial charge in [0.1, 0.15) is 6.54 Å². The van der Waals surface area contributed by atoms with Gasteiger partial charge in [0.2, 0.25) is 5.91 Å². The molecule has 0 N–H and O–H groups in total. The maximum absolute atomic E-state index is 13.4. The van der Waals surface area contributed by atoms with Crippen LogP contribution < -0.4 is 4.31 Å². The van der Waals surface area contributed by atoms with Gasteiger partial charge in [0.15, 0.2) is 0 Å². The Hall–Kier alpha value is -2.38. The molecule has 1 heterocycles. The second-order valence-electron chi connectivity index (χ2n) is 7.89. The summed E-state index contributed by atoms with van der Waals surface area (Å²) < 4.78 is 28.1. The van der Waals surface area contributed by atoms with Gasteiger partial charge in [-0.3, -0.25) is 9.10 Å². The van der Waals surface area contributed by atoms with Crippen LogP contribution in [0.4, 0.5) is 5.69 Å². The monoisotopic (exact) mass is 429 g/mol. The highest BCUT2D eigenvalue weighted by Gasteiger charge is 2.30. The molecular formula is C23H31N3O3S. The Kier molecular flexibility index (Phi) is 7.15. The lowest BCUT2D eigenvalue weighted by Gasteiger charge is -2.35. The van der Waals surface area contributed by atoms with Crippen molar-refractivity contribution in [1.29, 1.82) is 0 Å². The molecule has 7 heteroatoms. The van der Waals surface area contributed by atoms with E-state index in [2.05, 4.69) is 25.7 Å². The molecule has 0 bridgehead atoms. The Bertz CT molecular complexity index is 935. The zero-order valence-electron chi connectivity index (χ0n) is 18.0. The van der Waals surface area contributed by atoms with Crippen LogP contribution in [0.15, 0.2) is 59.5 Å². The Morgan fingerprint density at radius 2 is 1.57 bits per heavy atom. The Balaban J connectivity index is 1.89. The molecule has 0 unspecified atom stereocenters. The highest BCUT2D eigenvalue weighted by Crippen LogP contribution is 2.26. The van der Waals surface area contributed by atoms with Crippen LogP contribution in [-0.2, 0) is 14.8 Å². The predicted molar refractivity (Wildman–Crippen MR) is 120 cm³/mol. The van der Waals surface area contributed by atoms with Gasteiger partial charge in [0.25, 0.3) is 10.0 Å². The van der Waals surface area contributed by atoms with E-state index in [9.17, 15) is 13.2 Å². The lowest BCUT2D eigenvalue weighted by atomic mass is 10.0. The molecule has 1 saturated heterocycles. The number of sulfonamides is 1. The van der Waals surface area contributed by atoms with E-state index in [1.165, 1.54) is 4.31 Å². The number of hydrogen-bond donors (Lipinski definition) is 0. The molecule has 2 aromatic carbocycles. The van der Waals surface area contributed by atoms with Crippen molar-refractivity contribution in [3.05, 3.63) is 60.2 Å². The molecule has 6 nitrogen and oxygen atoms in total. The van der Waals surface area contributed by atoms with Crippen LogP contribution in [0.5, 0.6) is 0 Å². The van der Waals surface area contributed by atoms with Gasteiger partial charge in [-0.2, -0.15) is 0 Å². The third kappa shape index (κ3) is 5.02. The number of benzene rings is 2. The summed E-state index contributed by atoms with van der Waals surface area (Å²) >= 11 is 0. The molecule has 3 rings (SSSR count). The van der Waals surface area contributed by atoms with Crippen molar-refractivity contribution in [3.63, 3.8) is 0 Å². The number of carbonyl (C=O) groups is 1. The van der Waals surface area contributed by atoms with Gasteiger partial charge in [-0.25, -0.2) is 8.42 Å². The molecule has 1 amide bonds. The fraction of sp³-hybridized carbons (Fsp3) is 0.435. The van der Waals surface area contributed by atoms with Gasteiger partial charge in [0, 0.05) is 26.2 Å². The van der Waals surface area contributed by atoms with Crippen molar-refractivity contribution in [3.8, 4) is 0 Å². The van der Waals surface area contributed by atoms with E-state index in [4.69, 9.17) is 0 Å². The van der Waals surface area contributed by atoms with E-state index in [1.54, 1.807) is 47.4 Å². The summed E-state index contributed by atoms with van der Waals surface area (Å²) in [6.45, 7) is 9.92. The summed E-state index contributed by atoms with van der Waals surface area (Å²) in [5.74, 6) is 0.174. The first kappa shape index (κ1) is 22.3. The minimum absolute atomic E-state index is 0.168. The maximum Gasteiger partial charge on any atom is 0.264 e. The van der Waals surface area contributed by atoms with Gasteiger partial charge in [-0.05, 0) is 42.3 Å². The van der Waals surface area contributed by atoms with Crippen LogP contribution in [0.25, 0.3) is 0 Å². The first-order chi connectivity index (χ1) is 14.3. The van der Waals surface area contributed by atoms with Crippen LogP contribution in [0, 0.1) is 0 Å². The Morgan fingerprint density at radius 1 is 0.967 bits per heavy atom. The van der Waals surface area contributed by atoms with E-state index < -0.39 is 10.0 Å². The van der Waals surface area contributed by atoms with Gasteiger partial charge in [0.05, 0.1) is 10.6 Å². The predicted octanol–water partition coefficient (Wildman–Crippen LogP) is 3.17. The highest BCUT2D eigenvalue weighted by molar-refractivity contribution is 7.92. The summed E-state index contributed by atoms with van der Waals surface area (Å²) in [6, 6.07) is 15.7. The standard InChI is InChI=1S/C23H31N3O3S/c1-4-24-14-16-25(17-15-24)23(27)18-26(21-12-10-20(11-13-21)19(2)3)30(28,29)22-8-6-5-7-9-22/h5-13,19H,4,14-18H2,1-3H3. The summed E-state index contributed by atoms with van der Waals surface area (Å²) in [5.41, 5.74) is 1.63. The number of carbonyl (C=O) groups excluding carboxylic acids is 1. The van der Waals surface area contributed by atoms with Gasteiger partial charge < -0.3 is 9.80 Å². The lowest BCUT2D eigenvalue weighted by Crippen LogP contribution is -2.51. The summed E-state index contributed by atoms with van der Waals surface area (Å²) in [7, 11) is -3.86. The van der Waals surface area contributed by atoms with Crippen LogP contribution in [0.1, 0.15) is 32.3 Å². The van der Waals surface area contributed by atoms with E-state index in [0.29, 0.717) is 24.7 Å². The molecule has 0 atom stereocenters.